The van der Waals surface area contributed by atoms with Crippen LogP contribution in [0.1, 0.15) is 41.6 Å². The monoisotopic (exact) mass is 520 g/mol. The normalized spacial score (nSPS) is 22.8. The molecule has 0 unspecified atom stereocenters. The molecule has 0 N–H and O–H groups in total. The van der Waals surface area contributed by atoms with Gasteiger partial charge in [-0.25, -0.2) is 0 Å². The van der Waals surface area contributed by atoms with Crippen molar-refractivity contribution in [3.05, 3.63) is 59.9 Å². The summed E-state index contributed by atoms with van der Waals surface area (Å²) in [5.41, 5.74) is 1.31. The Kier molecular flexibility index (Phi) is 8.53. The number of aromatic nitrogens is 1. The summed E-state index contributed by atoms with van der Waals surface area (Å²) >= 11 is 0. The van der Waals surface area contributed by atoms with Crippen LogP contribution in [0.3, 0.4) is 0 Å². The second-order valence-corrected chi connectivity index (χ2v) is 10.3. The molecule has 3 amide bonds. The molecule has 202 valence electrons. The molecule has 9 nitrogen and oxygen atoms in total. The Bertz CT molecular complexity index is 1120. The number of carbonyl (C=O) groups excluding carboxylic acids is 3. The van der Waals surface area contributed by atoms with Crippen molar-refractivity contribution in [2.24, 2.45) is 11.8 Å². The first-order valence-corrected chi connectivity index (χ1v) is 13.6. The van der Waals surface area contributed by atoms with E-state index in [1.165, 1.54) is 6.20 Å². The zero-order valence-electron chi connectivity index (χ0n) is 21.8. The van der Waals surface area contributed by atoms with Gasteiger partial charge in [0.15, 0.2) is 0 Å². The Balaban J connectivity index is 1.35. The van der Waals surface area contributed by atoms with E-state index in [9.17, 15) is 14.4 Å². The van der Waals surface area contributed by atoms with Crippen molar-refractivity contribution in [2.45, 2.75) is 32.2 Å². The molecule has 0 radical (unpaired) electrons. The molecule has 1 aromatic carbocycles. The molecule has 9 heteroatoms. The lowest BCUT2D eigenvalue weighted by atomic mass is 9.80. The third kappa shape index (κ3) is 6.32. The van der Waals surface area contributed by atoms with Crippen molar-refractivity contribution >= 4 is 17.7 Å². The Morgan fingerprint density at radius 1 is 0.947 bits per heavy atom. The summed E-state index contributed by atoms with van der Waals surface area (Å²) in [6.07, 6.45) is 6.15. The zero-order chi connectivity index (χ0) is 26.3. The first-order valence-electron chi connectivity index (χ1n) is 13.6. The van der Waals surface area contributed by atoms with Crippen molar-refractivity contribution in [1.29, 1.82) is 0 Å². The average Bonchev–Trinajstić information content (AvgIpc) is 2.97. The highest BCUT2D eigenvalue weighted by molar-refractivity contribution is 5.96. The maximum Gasteiger partial charge on any atom is 0.256 e. The maximum absolute atomic E-state index is 13.6. The van der Waals surface area contributed by atoms with Gasteiger partial charge in [-0.15, -0.1) is 0 Å². The van der Waals surface area contributed by atoms with Gasteiger partial charge < -0.3 is 24.2 Å². The molecule has 0 saturated carbocycles. The van der Waals surface area contributed by atoms with Crippen molar-refractivity contribution in [1.82, 2.24) is 19.7 Å². The molecule has 0 spiro atoms. The summed E-state index contributed by atoms with van der Waals surface area (Å²) in [7, 11) is 0. The summed E-state index contributed by atoms with van der Waals surface area (Å²) in [6, 6.07) is 11.1. The standard InChI is InChI=1S/C29H36N4O5/c34-27(31-12-15-37-16-13-31)17-22-9-11-32-19-24(22)7-4-14-38-26-8-2-1-5-25(26)20-33(21-28(32)35)29(36)23-6-3-10-30-18-23/h1-3,5-6,8,10,18,22,24H,4,7,9,11-17,19-21H2/t22-,24-/m0/s1. The minimum absolute atomic E-state index is 0.0217. The van der Waals surface area contributed by atoms with Gasteiger partial charge in [0, 0.05) is 50.6 Å². The number of amides is 3. The number of nitrogens with zero attached hydrogens (tertiary/aromatic N) is 4. The summed E-state index contributed by atoms with van der Waals surface area (Å²) in [5, 5.41) is 0. The third-order valence-electron chi connectivity index (χ3n) is 7.88. The Hall–Kier alpha value is -3.46. The van der Waals surface area contributed by atoms with Gasteiger partial charge in [0.2, 0.25) is 11.8 Å². The van der Waals surface area contributed by atoms with Crippen LogP contribution in [-0.2, 0) is 20.9 Å². The van der Waals surface area contributed by atoms with Crippen LogP contribution in [0.15, 0.2) is 48.8 Å². The van der Waals surface area contributed by atoms with Gasteiger partial charge in [0.25, 0.3) is 5.91 Å². The average molecular weight is 521 g/mol. The van der Waals surface area contributed by atoms with Gasteiger partial charge in [-0.2, -0.15) is 0 Å². The topological polar surface area (TPSA) is 92.3 Å². The molecule has 2 bridgehead atoms. The fraction of sp³-hybridized carbons (Fsp3) is 0.517. The van der Waals surface area contributed by atoms with Crippen molar-refractivity contribution < 1.29 is 23.9 Å². The van der Waals surface area contributed by atoms with E-state index in [0.717, 1.165) is 30.6 Å². The molecule has 3 aliphatic rings. The van der Waals surface area contributed by atoms with Crippen LogP contribution < -0.4 is 4.74 Å². The van der Waals surface area contributed by atoms with Crippen LogP contribution in [0.5, 0.6) is 5.75 Å². The minimum atomic E-state index is -0.237. The Morgan fingerprint density at radius 3 is 2.61 bits per heavy atom. The number of piperidine rings is 1. The molecular weight excluding hydrogens is 484 g/mol. The fourth-order valence-electron chi connectivity index (χ4n) is 5.71. The number of para-hydroxylation sites is 1. The maximum atomic E-state index is 13.6. The van der Waals surface area contributed by atoms with Gasteiger partial charge in [-0.05, 0) is 49.3 Å². The predicted molar refractivity (Wildman–Crippen MR) is 140 cm³/mol. The van der Waals surface area contributed by atoms with Crippen LogP contribution in [0, 0.1) is 11.8 Å². The second kappa shape index (κ2) is 12.4. The van der Waals surface area contributed by atoms with E-state index < -0.39 is 0 Å². The lowest BCUT2D eigenvalue weighted by molar-refractivity contribution is -0.138. The summed E-state index contributed by atoms with van der Waals surface area (Å²) in [5.74, 6) is 1.03. The molecule has 38 heavy (non-hydrogen) atoms. The van der Waals surface area contributed by atoms with Gasteiger partial charge in [0.1, 0.15) is 12.3 Å². The molecule has 2 atom stereocenters. The van der Waals surface area contributed by atoms with Crippen molar-refractivity contribution in [3.63, 3.8) is 0 Å². The fourth-order valence-corrected chi connectivity index (χ4v) is 5.71. The van der Waals surface area contributed by atoms with Crippen molar-refractivity contribution in [2.75, 3.05) is 52.5 Å². The second-order valence-electron chi connectivity index (χ2n) is 10.3. The number of rotatable bonds is 3. The van der Waals surface area contributed by atoms with E-state index >= 15 is 0 Å². The zero-order valence-corrected chi connectivity index (χ0v) is 21.8. The number of hydrogen-bond donors (Lipinski definition) is 0. The van der Waals surface area contributed by atoms with Crippen LogP contribution in [0.25, 0.3) is 0 Å². The lowest BCUT2D eigenvalue weighted by Gasteiger charge is -2.40. The number of benzene rings is 1. The third-order valence-corrected chi connectivity index (χ3v) is 7.88. The Labute approximate surface area is 223 Å². The van der Waals surface area contributed by atoms with Crippen LogP contribution in [-0.4, -0.2) is 89.9 Å². The van der Waals surface area contributed by atoms with E-state index in [1.807, 2.05) is 34.1 Å². The first-order chi connectivity index (χ1) is 18.6. The molecule has 2 fully saturated rings. The molecule has 5 rings (SSSR count). The quantitative estimate of drug-likeness (QED) is 0.618. The highest BCUT2D eigenvalue weighted by atomic mass is 16.5. The minimum Gasteiger partial charge on any atom is -0.493 e. The molecule has 3 aliphatic heterocycles. The largest absolute Gasteiger partial charge is 0.493 e. The van der Waals surface area contributed by atoms with E-state index in [2.05, 4.69) is 4.98 Å². The van der Waals surface area contributed by atoms with E-state index in [4.69, 9.17) is 9.47 Å². The van der Waals surface area contributed by atoms with E-state index in [-0.39, 0.29) is 42.6 Å². The lowest BCUT2D eigenvalue weighted by Crippen LogP contribution is -2.49. The van der Waals surface area contributed by atoms with Crippen LogP contribution in [0.2, 0.25) is 0 Å². The van der Waals surface area contributed by atoms with Crippen LogP contribution in [0.4, 0.5) is 0 Å². The number of hydrogen-bond acceptors (Lipinski definition) is 6. The summed E-state index contributed by atoms with van der Waals surface area (Å²) < 4.78 is 11.6. The SMILES string of the molecule is O=C(C[C@@H]1CCN2C[C@@H]1CCCOc1ccccc1CN(C(=O)c1cccnc1)CC2=O)N1CCOCC1. The smallest absolute Gasteiger partial charge is 0.256 e. The summed E-state index contributed by atoms with van der Waals surface area (Å²) in [4.78, 5) is 49.5. The number of ether oxygens (including phenoxy) is 2. The highest BCUT2D eigenvalue weighted by Gasteiger charge is 2.35. The Morgan fingerprint density at radius 2 is 1.79 bits per heavy atom. The van der Waals surface area contributed by atoms with Crippen LogP contribution >= 0.6 is 0 Å². The molecule has 2 saturated heterocycles. The first kappa shape index (κ1) is 26.2. The number of carbonyl (C=O) groups is 3. The highest BCUT2D eigenvalue weighted by Crippen LogP contribution is 2.32. The molecule has 1 aromatic heterocycles. The molecule has 0 aliphatic carbocycles. The van der Waals surface area contributed by atoms with E-state index in [1.54, 1.807) is 23.2 Å². The van der Waals surface area contributed by atoms with E-state index in [0.29, 0.717) is 58.0 Å². The van der Waals surface area contributed by atoms with Gasteiger partial charge >= 0.3 is 0 Å². The van der Waals surface area contributed by atoms with Crippen molar-refractivity contribution in [3.8, 4) is 5.75 Å². The summed E-state index contributed by atoms with van der Waals surface area (Å²) in [6.45, 7) is 4.46. The molecular formula is C29H36N4O5. The predicted octanol–water partition coefficient (Wildman–Crippen LogP) is 2.61. The van der Waals surface area contributed by atoms with Gasteiger partial charge in [-0.3, -0.25) is 19.4 Å². The molecule has 2 aromatic rings. The van der Waals surface area contributed by atoms with Gasteiger partial charge in [0.05, 0.1) is 31.9 Å². The molecule has 4 heterocycles. The van der Waals surface area contributed by atoms with Gasteiger partial charge in [-0.1, -0.05) is 18.2 Å². The number of pyridine rings is 1. The number of fused-ring (bicyclic) bond motifs is 3. The number of morpholine rings is 1.